The highest BCUT2D eigenvalue weighted by molar-refractivity contribution is 6.31. The fraction of sp³-hybridized carbons (Fsp3) is 0.304. The average molecular weight is 426 g/mol. The quantitative estimate of drug-likeness (QED) is 0.615. The summed E-state index contributed by atoms with van der Waals surface area (Å²) in [7, 11) is 0. The van der Waals surface area contributed by atoms with Gasteiger partial charge in [0.2, 0.25) is 0 Å². The van der Waals surface area contributed by atoms with E-state index in [1.165, 1.54) is 0 Å². The summed E-state index contributed by atoms with van der Waals surface area (Å²) < 4.78 is 5.75. The van der Waals surface area contributed by atoms with E-state index in [0.29, 0.717) is 29.4 Å². The van der Waals surface area contributed by atoms with Crippen LogP contribution >= 0.6 is 11.6 Å². The van der Waals surface area contributed by atoms with Crippen LogP contribution in [0, 0.1) is 0 Å². The van der Waals surface area contributed by atoms with Gasteiger partial charge in [0.05, 0.1) is 17.0 Å². The SMILES string of the molecule is C[C@]1(O)CCCN(c2ccc(Cl)cc2NC(=O)c2ccc(-c3ccncc3)o2)CC1. The third kappa shape index (κ3) is 4.66. The zero-order chi connectivity index (χ0) is 21.1. The van der Waals surface area contributed by atoms with E-state index in [9.17, 15) is 9.90 Å². The number of benzene rings is 1. The largest absolute Gasteiger partial charge is 0.451 e. The van der Waals surface area contributed by atoms with Gasteiger partial charge in [-0.1, -0.05) is 11.6 Å². The number of rotatable bonds is 4. The number of aromatic nitrogens is 1. The summed E-state index contributed by atoms with van der Waals surface area (Å²) in [5.41, 5.74) is 1.69. The van der Waals surface area contributed by atoms with Crippen LogP contribution in [0.25, 0.3) is 11.3 Å². The second-order valence-corrected chi connectivity index (χ2v) is 8.29. The number of aliphatic hydroxyl groups is 1. The van der Waals surface area contributed by atoms with Crippen LogP contribution in [0.15, 0.2) is 59.3 Å². The molecule has 156 valence electrons. The van der Waals surface area contributed by atoms with Gasteiger partial charge in [0.1, 0.15) is 5.76 Å². The first kappa shape index (κ1) is 20.4. The van der Waals surface area contributed by atoms with Gasteiger partial charge in [0.25, 0.3) is 5.91 Å². The molecule has 0 spiro atoms. The van der Waals surface area contributed by atoms with E-state index in [4.69, 9.17) is 16.0 Å². The Hall–Kier alpha value is -2.83. The zero-order valence-electron chi connectivity index (χ0n) is 16.8. The Labute approximate surface area is 180 Å². The van der Waals surface area contributed by atoms with Crippen LogP contribution in [-0.2, 0) is 0 Å². The Morgan fingerprint density at radius 2 is 1.97 bits per heavy atom. The minimum atomic E-state index is -0.665. The number of nitrogens with zero attached hydrogens (tertiary/aromatic N) is 2. The van der Waals surface area contributed by atoms with Crippen molar-refractivity contribution in [1.29, 1.82) is 0 Å². The van der Waals surface area contributed by atoms with E-state index in [-0.39, 0.29) is 11.7 Å². The van der Waals surface area contributed by atoms with Crippen molar-refractivity contribution in [2.45, 2.75) is 31.8 Å². The maximum Gasteiger partial charge on any atom is 0.291 e. The van der Waals surface area contributed by atoms with Crippen molar-refractivity contribution < 1.29 is 14.3 Å². The van der Waals surface area contributed by atoms with Crippen molar-refractivity contribution in [3.05, 3.63) is 65.6 Å². The number of carbonyl (C=O) groups is 1. The summed E-state index contributed by atoms with van der Waals surface area (Å²) in [4.78, 5) is 19.0. The number of furan rings is 1. The van der Waals surface area contributed by atoms with Crippen molar-refractivity contribution in [2.75, 3.05) is 23.3 Å². The molecule has 0 saturated carbocycles. The molecule has 30 heavy (non-hydrogen) atoms. The number of amides is 1. The molecule has 0 bridgehead atoms. The summed E-state index contributed by atoms with van der Waals surface area (Å²) in [5.74, 6) is 0.468. The van der Waals surface area contributed by atoms with E-state index >= 15 is 0 Å². The summed E-state index contributed by atoms with van der Waals surface area (Å²) in [6.45, 7) is 3.37. The average Bonchev–Trinajstić information content (AvgIpc) is 3.15. The Balaban J connectivity index is 1.55. The highest BCUT2D eigenvalue weighted by Gasteiger charge is 2.26. The highest BCUT2D eigenvalue weighted by atomic mass is 35.5. The summed E-state index contributed by atoms with van der Waals surface area (Å²) in [6.07, 6.45) is 5.64. The lowest BCUT2D eigenvalue weighted by Crippen LogP contribution is -2.29. The maximum atomic E-state index is 12.9. The van der Waals surface area contributed by atoms with Crippen molar-refractivity contribution in [2.24, 2.45) is 0 Å². The third-order valence-corrected chi connectivity index (χ3v) is 5.64. The molecule has 4 rings (SSSR count). The van der Waals surface area contributed by atoms with Gasteiger partial charge in [0.15, 0.2) is 5.76 Å². The summed E-state index contributed by atoms with van der Waals surface area (Å²) in [5, 5.41) is 13.9. The van der Waals surface area contributed by atoms with Crippen LogP contribution in [-0.4, -0.2) is 34.7 Å². The molecule has 0 radical (unpaired) electrons. The molecule has 3 heterocycles. The monoisotopic (exact) mass is 425 g/mol. The molecule has 1 fully saturated rings. The first-order valence-electron chi connectivity index (χ1n) is 10.00. The standard InChI is InChI=1S/C23H24ClN3O3/c1-23(29)9-2-13-27(14-10-23)19-4-3-17(24)15-18(19)26-22(28)21-6-5-20(30-21)16-7-11-25-12-8-16/h3-8,11-12,15,29H,2,9-10,13-14H2,1H3,(H,26,28)/t23-/m0/s1. The molecule has 2 N–H and O–H groups in total. The number of pyridine rings is 1. The molecule has 1 atom stereocenters. The van der Waals surface area contributed by atoms with Crippen molar-refractivity contribution in [3.8, 4) is 11.3 Å². The van der Waals surface area contributed by atoms with Crippen molar-refractivity contribution in [1.82, 2.24) is 4.98 Å². The second kappa shape index (κ2) is 8.50. The van der Waals surface area contributed by atoms with Gasteiger partial charge < -0.3 is 19.7 Å². The number of hydrogen-bond acceptors (Lipinski definition) is 5. The van der Waals surface area contributed by atoms with E-state index in [2.05, 4.69) is 15.2 Å². The van der Waals surface area contributed by atoms with Gasteiger partial charge in [-0.05, 0) is 68.7 Å². The fourth-order valence-electron chi connectivity index (χ4n) is 3.70. The first-order chi connectivity index (χ1) is 14.4. The number of nitrogens with one attached hydrogen (secondary N) is 1. The molecule has 7 heteroatoms. The summed E-state index contributed by atoms with van der Waals surface area (Å²) >= 11 is 6.21. The molecule has 3 aromatic rings. The Bertz CT molecular complexity index is 1030. The maximum absolute atomic E-state index is 12.9. The van der Waals surface area contributed by atoms with Crippen LogP contribution in [0.4, 0.5) is 11.4 Å². The van der Waals surface area contributed by atoms with Crippen LogP contribution in [0.1, 0.15) is 36.7 Å². The zero-order valence-corrected chi connectivity index (χ0v) is 17.5. The van der Waals surface area contributed by atoms with Crippen LogP contribution < -0.4 is 10.2 Å². The number of hydrogen-bond donors (Lipinski definition) is 2. The first-order valence-corrected chi connectivity index (χ1v) is 10.4. The van der Waals surface area contributed by atoms with E-state index < -0.39 is 5.60 Å². The minimum Gasteiger partial charge on any atom is -0.451 e. The van der Waals surface area contributed by atoms with Crippen LogP contribution in [0.2, 0.25) is 5.02 Å². The normalized spacial score (nSPS) is 19.4. The third-order valence-electron chi connectivity index (χ3n) is 5.41. The number of carbonyl (C=O) groups excluding carboxylic acids is 1. The van der Waals surface area contributed by atoms with Gasteiger partial charge in [-0.25, -0.2) is 0 Å². The van der Waals surface area contributed by atoms with Crippen LogP contribution in [0.5, 0.6) is 0 Å². The van der Waals surface area contributed by atoms with E-state index in [1.807, 2.05) is 31.2 Å². The van der Waals surface area contributed by atoms with Gasteiger partial charge in [-0.3, -0.25) is 9.78 Å². The molecule has 1 aromatic carbocycles. The molecule has 0 aliphatic carbocycles. The van der Waals surface area contributed by atoms with Gasteiger partial charge in [-0.15, -0.1) is 0 Å². The molecule has 1 saturated heterocycles. The molecule has 0 unspecified atom stereocenters. The lowest BCUT2D eigenvalue weighted by molar-refractivity contribution is 0.0481. The van der Waals surface area contributed by atoms with Crippen molar-refractivity contribution in [3.63, 3.8) is 0 Å². The van der Waals surface area contributed by atoms with Gasteiger partial charge in [0, 0.05) is 36.1 Å². The van der Waals surface area contributed by atoms with E-state index in [1.54, 1.807) is 30.6 Å². The predicted molar refractivity (Wildman–Crippen MR) is 118 cm³/mol. The number of halogens is 1. The Morgan fingerprint density at radius 1 is 1.17 bits per heavy atom. The minimum absolute atomic E-state index is 0.214. The molecule has 2 aromatic heterocycles. The lowest BCUT2D eigenvalue weighted by atomic mass is 9.98. The molecular weight excluding hydrogens is 402 g/mol. The highest BCUT2D eigenvalue weighted by Crippen LogP contribution is 2.33. The molecule has 1 amide bonds. The molecule has 6 nitrogen and oxygen atoms in total. The molecule has 1 aliphatic heterocycles. The smallest absolute Gasteiger partial charge is 0.291 e. The number of anilines is 2. The second-order valence-electron chi connectivity index (χ2n) is 7.85. The Morgan fingerprint density at radius 3 is 2.77 bits per heavy atom. The van der Waals surface area contributed by atoms with E-state index in [0.717, 1.165) is 30.6 Å². The molecular formula is C23H24ClN3O3. The predicted octanol–water partition coefficient (Wildman–Crippen LogP) is 4.99. The lowest BCUT2D eigenvalue weighted by Gasteiger charge is -2.26. The summed E-state index contributed by atoms with van der Waals surface area (Å²) in [6, 6.07) is 12.5. The molecule has 1 aliphatic rings. The van der Waals surface area contributed by atoms with Gasteiger partial charge in [-0.2, -0.15) is 0 Å². The van der Waals surface area contributed by atoms with Crippen LogP contribution in [0.3, 0.4) is 0 Å². The van der Waals surface area contributed by atoms with Crippen molar-refractivity contribution >= 4 is 28.9 Å². The van der Waals surface area contributed by atoms with Gasteiger partial charge >= 0.3 is 0 Å². The Kier molecular flexibility index (Phi) is 5.79. The topological polar surface area (TPSA) is 78.6 Å². The fourth-order valence-corrected chi connectivity index (χ4v) is 3.88.